The van der Waals surface area contributed by atoms with Gasteiger partial charge in [0, 0.05) is 22.5 Å². The molecule has 2 nitrogen and oxygen atoms in total. The van der Waals surface area contributed by atoms with Crippen molar-refractivity contribution in [3.63, 3.8) is 0 Å². The molecular weight excluding hydrogens is 739 g/mol. The van der Waals surface area contributed by atoms with Gasteiger partial charge < -0.3 is 4.42 Å². The summed E-state index contributed by atoms with van der Waals surface area (Å²) in [5, 5.41) is 9.80. The number of para-hydroxylation sites is 1. The van der Waals surface area contributed by atoms with E-state index in [9.17, 15) is 0 Å². The van der Waals surface area contributed by atoms with Crippen LogP contribution in [-0.4, -0.2) is 4.98 Å². The van der Waals surface area contributed by atoms with Gasteiger partial charge in [0.2, 0.25) is 5.71 Å². The number of aromatic nitrogens is 1. The zero-order valence-electron chi connectivity index (χ0n) is 33.2. The van der Waals surface area contributed by atoms with Crippen LogP contribution in [0.15, 0.2) is 229 Å². The van der Waals surface area contributed by atoms with Crippen LogP contribution in [0.5, 0.6) is 0 Å². The van der Waals surface area contributed by atoms with Gasteiger partial charge in [-0.05, 0) is 148 Å². The third-order valence-electron chi connectivity index (χ3n) is 12.3. The highest BCUT2D eigenvalue weighted by Crippen LogP contribution is 2.41. The predicted octanol–water partition coefficient (Wildman–Crippen LogP) is 16.4. The molecule has 0 aliphatic carbocycles. The Morgan fingerprint density at radius 2 is 0.656 bits per heavy atom. The summed E-state index contributed by atoms with van der Waals surface area (Å²) in [6.45, 7) is 0. The number of pyridine rings is 1. The SMILES string of the molecule is c1ccc(-c2cc(-c3cccc(-c4cccc(-c5cccc(-c6cccc7c6oc6ncccc67)c5)c4)c3)cc(-c3ccc4c5ccccc5c5ccccc5c4c3)c2)cc1. The smallest absolute Gasteiger partial charge is 0.227 e. The summed E-state index contributed by atoms with van der Waals surface area (Å²) < 4.78 is 6.31. The fourth-order valence-corrected chi connectivity index (χ4v) is 9.33. The molecular formula is C59H37NO. The van der Waals surface area contributed by atoms with Crippen LogP contribution >= 0.6 is 0 Å². The number of hydrogen-bond donors (Lipinski definition) is 0. The molecule has 0 atom stereocenters. The summed E-state index contributed by atoms with van der Waals surface area (Å²) in [6, 6.07) is 79.3. The van der Waals surface area contributed by atoms with Gasteiger partial charge in [-0.25, -0.2) is 4.98 Å². The highest BCUT2D eigenvalue weighted by Gasteiger charge is 2.15. The number of hydrogen-bond acceptors (Lipinski definition) is 2. The topological polar surface area (TPSA) is 26.0 Å². The maximum atomic E-state index is 6.31. The molecule has 12 rings (SSSR count). The minimum absolute atomic E-state index is 0.662. The van der Waals surface area contributed by atoms with Gasteiger partial charge in [0.15, 0.2) is 0 Å². The van der Waals surface area contributed by atoms with Crippen LogP contribution in [0.25, 0.3) is 121 Å². The lowest BCUT2D eigenvalue weighted by Crippen LogP contribution is -1.88. The first-order chi connectivity index (χ1) is 30.2. The fraction of sp³-hybridized carbons (Fsp3) is 0. The molecule has 2 heteroatoms. The van der Waals surface area contributed by atoms with Crippen molar-refractivity contribution in [2.24, 2.45) is 0 Å². The molecule has 0 spiro atoms. The van der Waals surface area contributed by atoms with Crippen molar-refractivity contribution in [1.29, 1.82) is 0 Å². The quantitative estimate of drug-likeness (QED) is 0.157. The Morgan fingerprint density at radius 3 is 1.28 bits per heavy atom. The number of nitrogens with zero attached hydrogens (tertiary/aromatic N) is 1. The van der Waals surface area contributed by atoms with Crippen molar-refractivity contribution in [2.45, 2.75) is 0 Å². The Hall–Kier alpha value is -8.07. The first kappa shape index (κ1) is 34.9. The van der Waals surface area contributed by atoms with Crippen molar-refractivity contribution in [3.8, 4) is 66.8 Å². The lowest BCUT2D eigenvalue weighted by atomic mass is 9.89. The Bertz CT molecular complexity index is 3620. The van der Waals surface area contributed by atoms with Crippen LogP contribution in [-0.2, 0) is 0 Å². The molecule has 0 bridgehead atoms. The van der Waals surface area contributed by atoms with E-state index in [1.807, 2.05) is 6.07 Å². The van der Waals surface area contributed by atoms with Crippen molar-refractivity contribution < 1.29 is 4.42 Å². The fourth-order valence-electron chi connectivity index (χ4n) is 9.33. The summed E-state index contributed by atoms with van der Waals surface area (Å²) in [5.41, 5.74) is 15.5. The number of rotatable bonds is 6. The number of fused-ring (bicyclic) bond motifs is 9. The van der Waals surface area contributed by atoms with Crippen molar-refractivity contribution in [2.75, 3.05) is 0 Å². The van der Waals surface area contributed by atoms with Gasteiger partial charge in [-0.3, -0.25) is 0 Å². The van der Waals surface area contributed by atoms with E-state index in [-0.39, 0.29) is 0 Å². The van der Waals surface area contributed by atoms with E-state index in [0.717, 1.165) is 38.6 Å². The van der Waals surface area contributed by atoms with E-state index in [1.165, 1.54) is 76.8 Å². The molecule has 0 saturated carbocycles. The van der Waals surface area contributed by atoms with Gasteiger partial charge in [0.05, 0.1) is 0 Å². The Labute approximate surface area is 353 Å². The first-order valence-corrected chi connectivity index (χ1v) is 20.8. The maximum absolute atomic E-state index is 6.31. The molecule has 0 radical (unpaired) electrons. The summed E-state index contributed by atoms with van der Waals surface area (Å²) in [4.78, 5) is 4.48. The third kappa shape index (κ3) is 6.08. The second-order valence-corrected chi connectivity index (χ2v) is 15.9. The van der Waals surface area contributed by atoms with E-state index in [0.29, 0.717) is 5.71 Å². The van der Waals surface area contributed by atoms with Gasteiger partial charge in [-0.15, -0.1) is 0 Å². The molecule has 0 amide bonds. The lowest BCUT2D eigenvalue weighted by Gasteiger charge is -2.15. The predicted molar refractivity (Wildman–Crippen MR) is 257 cm³/mol. The molecule has 0 saturated heterocycles. The van der Waals surface area contributed by atoms with Gasteiger partial charge in [-0.2, -0.15) is 0 Å². The maximum Gasteiger partial charge on any atom is 0.227 e. The van der Waals surface area contributed by atoms with Gasteiger partial charge in [0.25, 0.3) is 0 Å². The molecule has 10 aromatic carbocycles. The average Bonchev–Trinajstić information content (AvgIpc) is 3.73. The van der Waals surface area contributed by atoms with Gasteiger partial charge >= 0.3 is 0 Å². The Balaban J connectivity index is 0.942. The molecule has 0 N–H and O–H groups in total. The summed E-state index contributed by atoms with van der Waals surface area (Å²) in [7, 11) is 0. The molecule has 284 valence electrons. The number of benzene rings is 10. The largest absolute Gasteiger partial charge is 0.437 e. The van der Waals surface area contributed by atoms with Crippen molar-refractivity contribution >= 4 is 54.4 Å². The van der Waals surface area contributed by atoms with Crippen LogP contribution in [0.4, 0.5) is 0 Å². The first-order valence-electron chi connectivity index (χ1n) is 20.8. The summed E-state index contributed by atoms with van der Waals surface area (Å²) in [5.74, 6) is 0. The molecule has 0 unspecified atom stereocenters. The highest BCUT2D eigenvalue weighted by molar-refractivity contribution is 6.25. The molecule has 0 aliphatic heterocycles. The van der Waals surface area contributed by atoms with E-state index in [1.54, 1.807) is 6.20 Å². The van der Waals surface area contributed by atoms with Gasteiger partial charge in [0.1, 0.15) is 5.58 Å². The molecule has 2 aromatic heterocycles. The summed E-state index contributed by atoms with van der Waals surface area (Å²) in [6.07, 6.45) is 1.78. The van der Waals surface area contributed by atoms with Crippen LogP contribution in [0.3, 0.4) is 0 Å². The van der Waals surface area contributed by atoms with Crippen LogP contribution in [0, 0.1) is 0 Å². The van der Waals surface area contributed by atoms with Crippen molar-refractivity contribution in [3.05, 3.63) is 225 Å². The third-order valence-corrected chi connectivity index (χ3v) is 12.3. The van der Waals surface area contributed by atoms with Crippen LogP contribution in [0.1, 0.15) is 0 Å². The van der Waals surface area contributed by atoms with Gasteiger partial charge in [-0.1, -0.05) is 164 Å². The van der Waals surface area contributed by atoms with E-state index < -0.39 is 0 Å². The summed E-state index contributed by atoms with van der Waals surface area (Å²) >= 11 is 0. The minimum Gasteiger partial charge on any atom is -0.437 e. The second kappa shape index (κ2) is 14.3. The van der Waals surface area contributed by atoms with E-state index in [2.05, 4.69) is 217 Å². The van der Waals surface area contributed by atoms with Crippen LogP contribution in [0.2, 0.25) is 0 Å². The number of furan rings is 1. The Kier molecular flexibility index (Phi) is 8.21. The molecule has 0 aliphatic rings. The molecule has 0 fully saturated rings. The van der Waals surface area contributed by atoms with Crippen molar-refractivity contribution in [1.82, 2.24) is 4.98 Å². The van der Waals surface area contributed by atoms with E-state index in [4.69, 9.17) is 4.42 Å². The average molecular weight is 776 g/mol. The monoisotopic (exact) mass is 775 g/mol. The normalized spacial score (nSPS) is 11.6. The second-order valence-electron chi connectivity index (χ2n) is 15.9. The van der Waals surface area contributed by atoms with Crippen LogP contribution < -0.4 is 0 Å². The van der Waals surface area contributed by atoms with E-state index >= 15 is 0 Å². The highest BCUT2D eigenvalue weighted by atomic mass is 16.3. The minimum atomic E-state index is 0.662. The zero-order valence-corrected chi connectivity index (χ0v) is 33.2. The zero-order chi connectivity index (χ0) is 40.3. The Morgan fingerprint density at radius 1 is 0.246 bits per heavy atom. The molecule has 2 heterocycles. The standard InChI is InChI=1S/C59H37NO/c1-2-13-38(14-3-1)46-34-47(36-48(35-46)44-28-29-54-52-23-5-4-21-50(52)51-22-6-7-24-53(51)57(54)37-44)43-19-9-17-41(32-43)39-15-8-16-40(31-39)42-18-10-20-45(33-42)49-25-11-26-55-56-27-12-30-60-59(56)61-58(49)55/h1-37H. The molecule has 12 aromatic rings. The molecule has 61 heavy (non-hydrogen) atoms. The lowest BCUT2D eigenvalue weighted by molar-refractivity contribution is 0.655.